The van der Waals surface area contributed by atoms with E-state index in [-0.39, 0.29) is 5.48 Å². The fraction of sp³-hybridized carbons (Fsp3) is 0.750. The standard InChI is InChI=1S/2C2H8N2.C2H6.C2H4.H2O/c2*3-1-2-4;2*1-2;/h2*1-4H2;1-2H3;1-2H2;1H2. The zero-order valence-corrected chi connectivity index (χ0v) is 9.05. The molecule has 0 aliphatic carbocycles. The third kappa shape index (κ3) is 443. The maximum absolute atomic E-state index is 4.90. The lowest BCUT2D eigenvalue weighted by Crippen LogP contribution is -2.11. The lowest BCUT2D eigenvalue weighted by molar-refractivity contribution is 0.824. The molecule has 0 aliphatic rings. The van der Waals surface area contributed by atoms with E-state index in [1.165, 1.54) is 0 Å². The summed E-state index contributed by atoms with van der Waals surface area (Å²) in [6, 6.07) is 0. The molecule has 86 valence electrons. The normalized spacial score (nSPS) is 5.38. The van der Waals surface area contributed by atoms with Crippen LogP contribution in [0.3, 0.4) is 0 Å². The Balaban J connectivity index is -0.0000000226. The zero-order valence-electron chi connectivity index (χ0n) is 9.05. The summed E-state index contributed by atoms with van der Waals surface area (Å²) in [7, 11) is 0. The Hall–Kier alpha value is -0.460. The highest BCUT2D eigenvalue weighted by atomic mass is 16.0. The van der Waals surface area contributed by atoms with E-state index in [1.54, 1.807) is 0 Å². The summed E-state index contributed by atoms with van der Waals surface area (Å²) in [5, 5.41) is 0. The van der Waals surface area contributed by atoms with Crippen molar-refractivity contribution in [2.24, 2.45) is 22.9 Å². The molecular formula is C8H28N4O. The van der Waals surface area contributed by atoms with Gasteiger partial charge in [0.1, 0.15) is 0 Å². The van der Waals surface area contributed by atoms with Crippen LogP contribution in [0.1, 0.15) is 13.8 Å². The van der Waals surface area contributed by atoms with Gasteiger partial charge in [0.25, 0.3) is 0 Å². The van der Waals surface area contributed by atoms with E-state index in [2.05, 4.69) is 13.2 Å². The molecule has 10 N–H and O–H groups in total. The maximum Gasteiger partial charge on any atom is 0.00461 e. The first-order valence-electron chi connectivity index (χ1n) is 4.13. The van der Waals surface area contributed by atoms with Gasteiger partial charge in [0.05, 0.1) is 0 Å². The van der Waals surface area contributed by atoms with Crippen molar-refractivity contribution in [2.75, 3.05) is 26.2 Å². The van der Waals surface area contributed by atoms with Gasteiger partial charge in [-0.25, -0.2) is 0 Å². The Morgan fingerprint density at radius 3 is 0.769 bits per heavy atom. The first-order valence-corrected chi connectivity index (χ1v) is 4.13. The van der Waals surface area contributed by atoms with Crippen LogP contribution in [0.25, 0.3) is 0 Å². The second kappa shape index (κ2) is 102. The highest BCUT2D eigenvalue weighted by Gasteiger charge is 1.54. The van der Waals surface area contributed by atoms with Crippen LogP contribution in [0, 0.1) is 0 Å². The molecule has 0 amide bonds. The molecule has 0 rings (SSSR count). The zero-order chi connectivity index (χ0) is 10.8. The third-order valence-electron chi connectivity index (χ3n) is 0.333. The van der Waals surface area contributed by atoms with E-state index in [1.807, 2.05) is 13.8 Å². The molecule has 0 heterocycles. The molecule has 0 saturated heterocycles. The minimum absolute atomic E-state index is 0. The van der Waals surface area contributed by atoms with Gasteiger partial charge in [-0.2, -0.15) is 0 Å². The lowest BCUT2D eigenvalue weighted by Gasteiger charge is -1.72. The third-order valence-corrected chi connectivity index (χ3v) is 0.333. The molecule has 5 nitrogen and oxygen atoms in total. The summed E-state index contributed by atoms with van der Waals surface area (Å²) in [5.74, 6) is 0. The van der Waals surface area contributed by atoms with E-state index < -0.39 is 0 Å². The van der Waals surface area contributed by atoms with Gasteiger partial charge < -0.3 is 28.4 Å². The van der Waals surface area contributed by atoms with Gasteiger partial charge in [0.2, 0.25) is 0 Å². The largest absolute Gasteiger partial charge is 0.412 e. The predicted molar refractivity (Wildman–Crippen MR) is 62.4 cm³/mol. The van der Waals surface area contributed by atoms with Crippen LogP contribution in [-0.4, -0.2) is 31.7 Å². The summed E-state index contributed by atoms with van der Waals surface area (Å²) >= 11 is 0. The molecule has 5 heteroatoms. The van der Waals surface area contributed by atoms with Crippen molar-refractivity contribution in [3.05, 3.63) is 13.2 Å². The van der Waals surface area contributed by atoms with Gasteiger partial charge in [-0.3, -0.25) is 0 Å². The van der Waals surface area contributed by atoms with Crippen LogP contribution in [0.2, 0.25) is 0 Å². The Morgan fingerprint density at radius 1 is 0.692 bits per heavy atom. The number of nitrogens with two attached hydrogens (primary N) is 4. The van der Waals surface area contributed by atoms with Crippen LogP contribution in [0.15, 0.2) is 13.2 Å². The van der Waals surface area contributed by atoms with E-state index in [0.29, 0.717) is 26.2 Å². The van der Waals surface area contributed by atoms with Crippen molar-refractivity contribution in [3.8, 4) is 0 Å². The smallest absolute Gasteiger partial charge is 0.00461 e. The Morgan fingerprint density at radius 2 is 0.769 bits per heavy atom. The molecule has 0 unspecified atom stereocenters. The van der Waals surface area contributed by atoms with Gasteiger partial charge >= 0.3 is 0 Å². The topological polar surface area (TPSA) is 136 Å². The van der Waals surface area contributed by atoms with E-state index >= 15 is 0 Å². The van der Waals surface area contributed by atoms with Crippen molar-refractivity contribution < 1.29 is 5.48 Å². The molecular weight excluding hydrogens is 168 g/mol. The van der Waals surface area contributed by atoms with E-state index in [4.69, 9.17) is 22.9 Å². The Labute approximate surface area is 82.5 Å². The SMILES string of the molecule is C=C.CC.NCCN.NCCN.O. The average Bonchev–Trinajstić information content (AvgIpc) is 2.23. The summed E-state index contributed by atoms with van der Waals surface area (Å²) in [6.07, 6.45) is 0. The van der Waals surface area contributed by atoms with Crippen LogP contribution >= 0.6 is 0 Å². The van der Waals surface area contributed by atoms with E-state index in [0.717, 1.165) is 0 Å². The monoisotopic (exact) mass is 196 g/mol. The first-order chi connectivity index (χ1) is 5.83. The van der Waals surface area contributed by atoms with E-state index in [9.17, 15) is 0 Å². The summed E-state index contributed by atoms with van der Waals surface area (Å²) in [5.41, 5.74) is 19.6. The molecule has 13 heavy (non-hydrogen) atoms. The molecule has 0 radical (unpaired) electrons. The van der Waals surface area contributed by atoms with Crippen molar-refractivity contribution in [3.63, 3.8) is 0 Å². The molecule has 0 aromatic carbocycles. The number of rotatable bonds is 2. The highest BCUT2D eigenvalue weighted by Crippen LogP contribution is 1.24. The van der Waals surface area contributed by atoms with Crippen molar-refractivity contribution in [1.29, 1.82) is 0 Å². The van der Waals surface area contributed by atoms with Crippen molar-refractivity contribution in [1.82, 2.24) is 0 Å². The van der Waals surface area contributed by atoms with Gasteiger partial charge in [0, 0.05) is 26.2 Å². The van der Waals surface area contributed by atoms with Crippen LogP contribution in [-0.2, 0) is 0 Å². The van der Waals surface area contributed by atoms with Gasteiger partial charge in [-0.15, -0.1) is 13.2 Å². The van der Waals surface area contributed by atoms with Crippen LogP contribution < -0.4 is 22.9 Å². The molecule has 0 aromatic heterocycles. The molecule has 0 bridgehead atoms. The lowest BCUT2D eigenvalue weighted by atomic mass is 10.7. The van der Waals surface area contributed by atoms with Crippen molar-refractivity contribution in [2.45, 2.75) is 13.8 Å². The molecule has 0 fully saturated rings. The minimum Gasteiger partial charge on any atom is -0.412 e. The van der Waals surface area contributed by atoms with Gasteiger partial charge in [-0.1, -0.05) is 13.8 Å². The predicted octanol–water partition coefficient (Wildman–Crippen LogP) is -1.19. The van der Waals surface area contributed by atoms with Gasteiger partial charge in [0.15, 0.2) is 0 Å². The minimum atomic E-state index is 0. The summed E-state index contributed by atoms with van der Waals surface area (Å²) in [4.78, 5) is 0. The molecule has 0 spiro atoms. The maximum atomic E-state index is 4.90. The second-order valence-electron chi connectivity index (χ2n) is 1.15. The van der Waals surface area contributed by atoms with Crippen molar-refractivity contribution >= 4 is 0 Å². The Bertz CT molecular complexity index is 31.3. The van der Waals surface area contributed by atoms with Crippen LogP contribution in [0.4, 0.5) is 0 Å². The highest BCUT2D eigenvalue weighted by molar-refractivity contribution is 4.26. The molecule has 0 aromatic rings. The number of hydrogen-bond donors (Lipinski definition) is 4. The average molecular weight is 196 g/mol. The van der Waals surface area contributed by atoms with Crippen LogP contribution in [0.5, 0.6) is 0 Å². The summed E-state index contributed by atoms with van der Waals surface area (Å²) < 4.78 is 0. The molecule has 0 atom stereocenters. The number of hydrogen-bond acceptors (Lipinski definition) is 4. The second-order valence-corrected chi connectivity index (χ2v) is 1.15. The fourth-order valence-electron chi connectivity index (χ4n) is 0. The quantitative estimate of drug-likeness (QED) is 0.413. The molecule has 0 saturated carbocycles. The Kier molecular flexibility index (Phi) is 231. The first kappa shape index (κ1) is 29.4. The summed E-state index contributed by atoms with van der Waals surface area (Å²) in [6.45, 7) is 12.4. The molecule has 0 aliphatic heterocycles. The fourth-order valence-corrected chi connectivity index (χ4v) is 0. The van der Waals surface area contributed by atoms with Gasteiger partial charge in [-0.05, 0) is 0 Å².